The molecule has 0 saturated heterocycles. The zero-order valence-corrected chi connectivity index (χ0v) is 17.0. The highest BCUT2D eigenvalue weighted by molar-refractivity contribution is 7.90. The minimum Gasteiger partial charge on any atom is -0.497 e. The number of carbonyl (C=O) groups is 1. The SMILES string of the molecule is COc1ccc(/C=C/C(=O)NC(=S)Nc2ccc(S(=O)(=O)N=C(N)N)cc2)cc1. The summed E-state index contributed by atoms with van der Waals surface area (Å²) in [4.78, 5) is 11.9. The number of ether oxygens (including phenoxy) is 1. The van der Waals surface area contributed by atoms with E-state index in [1.54, 1.807) is 37.5 Å². The maximum Gasteiger partial charge on any atom is 0.285 e. The van der Waals surface area contributed by atoms with Crippen LogP contribution in [-0.4, -0.2) is 32.5 Å². The fraction of sp³-hybridized carbons (Fsp3) is 0.0556. The normalized spacial score (nSPS) is 10.9. The summed E-state index contributed by atoms with van der Waals surface area (Å²) < 4.78 is 32.0. The number of thiocarbonyl (C=S) groups is 1. The highest BCUT2D eigenvalue weighted by Crippen LogP contribution is 2.16. The van der Waals surface area contributed by atoms with Crippen molar-refractivity contribution in [1.82, 2.24) is 5.32 Å². The standard InChI is InChI=1S/C18H19N5O4S2/c1-27-14-7-2-12(3-8-14)4-11-16(24)22-18(28)21-13-5-9-15(10-6-13)29(25,26)23-17(19)20/h2-11H,1H3,(H4,19,20,23)(H2,21,22,24,28)/b11-4+. The van der Waals surface area contributed by atoms with Crippen LogP contribution in [0.3, 0.4) is 0 Å². The Morgan fingerprint density at radius 2 is 1.72 bits per heavy atom. The molecule has 152 valence electrons. The van der Waals surface area contributed by atoms with E-state index in [0.717, 1.165) is 5.56 Å². The molecule has 0 heterocycles. The smallest absolute Gasteiger partial charge is 0.285 e. The predicted molar refractivity (Wildman–Crippen MR) is 116 cm³/mol. The van der Waals surface area contributed by atoms with Gasteiger partial charge in [-0.2, -0.15) is 8.42 Å². The van der Waals surface area contributed by atoms with E-state index in [-0.39, 0.29) is 10.0 Å². The summed E-state index contributed by atoms with van der Waals surface area (Å²) in [5.41, 5.74) is 11.5. The quantitative estimate of drug-likeness (QED) is 0.230. The maximum absolute atomic E-state index is 12.0. The van der Waals surface area contributed by atoms with E-state index in [0.29, 0.717) is 11.4 Å². The molecule has 0 aromatic heterocycles. The van der Waals surface area contributed by atoms with Crippen LogP contribution in [0.1, 0.15) is 5.56 Å². The van der Waals surface area contributed by atoms with Gasteiger partial charge in [-0.25, -0.2) is 0 Å². The Morgan fingerprint density at radius 3 is 2.28 bits per heavy atom. The molecule has 0 atom stereocenters. The second-order valence-corrected chi connectivity index (χ2v) is 7.58. The summed E-state index contributed by atoms with van der Waals surface area (Å²) in [5.74, 6) is -0.266. The molecule has 0 bridgehead atoms. The largest absolute Gasteiger partial charge is 0.497 e. The third-order valence-electron chi connectivity index (χ3n) is 3.42. The first kappa shape index (κ1) is 21.9. The molecule has 1 amide bonds. The van der Waals surface area contributed by atoms with Gasteiger partial charge in [0.05, 0.1) is 12.0 Å². The minimum atomic E-state index is -3.97. The van der Waals surface area contributed by atoms with Crippen molar-refractivity contribution < 1.29 is 17.9 Å². The van der Waals surface area contributed by atoms with Crippen molar-refractivity contribution in [3.63, 3.8) is 0 Å². The van der Waals surface area contributed by atoms with Gasteiger partial charge in [-0.1, -0.05) is 12.1 Å². The molecule has 2 rings (SSSR count). The first-order valence-electron chi connectivity index (χ1n) is 8.10. The minimum absolute atomic E-state index is 0.0502. The van der Waals surface area contributed by atoms with Crippen molar-refractivity contribution in [3.8, 4) is 5.75 Å². The second-order valence-electron chi connectivity index (χ2n) is 5.57. The lowest BCUT2D eigenvalue weighted by Crippen LogP contribution is -2.32. The fourth-order valence-electron chi connectivity index (χ4n) is 2.10. The molecule has 2 aromatic rings. The van der Waals surface area contributed by atoms with Crippen LogP contribution in [0.15, 0.2) is 63.9 Å². The third kappa shape index (κ3) is 6.90. The molecule has 0 aliphatic carbocycles. The summed E-state index contributed by atoms with van der Waals surface area (Å²) in [6.45, 7) is 0. The monoisotopic (exact) mass is 433 g/mol. The number of sulfonamides is 1. The van der Waals surface area contributed by atoms with Crippen LogP contribution in [0.25, 0.3) is 6.08 Å². The molecule has 11 heteroatoms. The van der Waals surface area contributed by atoms with Crippen LogP contribution in [-0.2, 0) is 14.8 Å². The number of carbonyl (C=O) groups excluding carboxylic acids is 1. The Hall–Kier alpha value is -3.44. The molecule has 29 heavy (non-hydrogen) atoms. The predicted octanol–water partition coefficient (Wildman–Crippen LogP) is 1.18. The highest BCUT2D eigenvalue weighted by atomic mass is 32.2. The van der Waals surface area contributed by atoms with E-state index < -0.39 is 21.9 Å². The number of amides is 1. The van der Waals surface area contributed by atoms with Gasteiger partial charge in [-0.05, 0) is 60.3 Å². The Bertz CT molecular complexity index is 1040. The zero-order valence-electron chi connectivity index (χ0n) is 15.3. The summed E-state index contributed by atoms with van der Waals surface area (Å²) in [7, 11) is -2.40. The Labute approximate surface area is 173 Å². The van der Waals surface area contributed by atoms with Crippen LogP contribution in [0, 0.1) is 0 Å². The van der Waals surface area contributed by atoms with Gasteiger partial charge in [0.25, 0.3) is 10.0 Å². The van der Waals surface area contributed by atoms with E-state index >= 15 is 0 Å². The Morgan fingerprint density at radius 1 is 1.10 bits per heavy atom. The molecule has 0 saturated carbocycles. The van der Waals surface area contributed by atoms with Crippen molar-refractivity contribution in [2.45, 2.75) is 4.90 Å². The molecule has 0 spiro atoms. The third-order valence-corrected chi connectivity index (χ3v) is 4.94. The van der Waals surface area contributed by atoms with Gasteiger partial charge in [-0.3, -0.25) is 10.1 Å². The number of guanidine groups is 1. The number of benzene rings is 2. The highest BCUT2D eigenvalue weighted by Gasteiger charge is 2.13. The number of nitrogens with two attached hydrogens (primary N) is 2. The average molecular weight is 434 g/mol. The van der Waals surface area contributed by atoms with Crippen LogP contribution in [0.4, 0.5) is 5.69 Å². The lowest BCUT2D eigenvalue weighted by atomic mass is 10.2. The zero-order chi connectivity index (χ0) is 21.4. The summed E-state index contributed by atoms with van der Waals surface area (Å²) in [5, 5.41) is 5.31. The second kappa shape index (κ2) is 9.66. The summed E-state index contributed by atoms with van der Waals surface area (Å²) >= 11 is 5.07. The maximum atomic E-state index is 12.0. The van der Waals surface area contributed by atoms with Gasteiger partial charge >= 0.3 is 0 Å². The molecule has 0 radical (unpaired) electrons. The number of anilines is 1. The summed E-state index contributed by atoms with van der Waals surface area (Å²) in [6.07, 6.45) is 2.96. The van der Waals surface area contributed by atoms with Crippen molar-refractivity contribution >= 4 is 51.0 Å². The molecule has 0 unspecified atom stereocenters. The van der Waals surface area contributed by atoms with E-state index in [4.69, 9.17) is 28.4 Å². The Kier molecular flexibility index (Phi) is 7.28. The number of hydrogen-bond donors (Lipinski definition) is 4. The lowest BCUT2D eigenvalue weighted by Gasteiger charge is -2.08. The first-order valence-corrected chi connectivity index (χ1v) is 9.94. The van der Waals surface area contributed by atoms with Crippen molar-refractivity contribution in [3.05, 3.63) is 60.2 Å². The van der Waals surface area contributed by atoms with Gasteiger partial charge < -0.3 is 21.5 Å². The Balaban J connectivity index is 1.93. The van der Waals surface area contributed by atoms with Gasteiger partial charge in [0, 0.05) is 11.8 Å². The van der Waals surface area contributed by atoms with Crippen LogP contribution in [0.5, 0.6) is 5.75 Å². The van der Waals surface area contributed by atoms with Crippen LogP contribution in [0.2, 0.25) is 0 Å². The molecule has 9 nitrogen and oxygen atoms in total. The van der Waals surface area contributed by atoms with E-state index in [2.05, 4.69) is 15.0 Å². The molecule has 2 aromatic carbocycles. The van der Waals surface area contributed by atoms with Crippen molar-refractivity contribution in [1.29, 1.82) is 0 Å². The van der Waals surface area contributed by atoms with E-state index in [9.17, 15) is 13.2 Å². The molecule has 0 aliphatic rings. The lowest BCUT2D eigenvalue weighted by molar-refractivity contribution is -0.115. The topological polar surface area (TPSA) is 149 Å². The van der Waals surface area contributed by atoms with Gasteiger partial charge in [-0.15, -0.1) is 4.40 Å². The number of nitrogens with one attached hydrogen (secondary N) is 2. The number of nitrogens with zero attached hydrogens (tertiary/aromatic N) is 1. The van der Waals surface area contributed by atoms with Gasteiger partial charge in [0.15, 0.2) is 5.11 Å². The van der Waals surface area contributed by atoms with E-state index in [1.807, 2.05) is 0 Å². The van der Waals surface area contributed by atoms with Crippen LogP contribution >= 0.6 is 12.2 Å². The molecule has 0 fully saturated rings. The van der Waals surface area contributed by atoms with Crippen molar-refractivity contribution in [2.75, 3.05) is 12.4 Å². The molecular weight excluding hydrogens is 414 g/mol. The van der Waals surface area contributed by atoms with E-state index in [1.165, 1.54) is 30.3 Å². The number of rotatable bonds is 6. The number of hydrogen-bond acceptors (Lipinski definition) is 5. The average Bonchev–Trinajstić information content (AvgIpc) is 2.66. The van der Waals surface area contributed by atoms with Crippen LogP contribution < -0.4 is 26.8 Å². The first-order chi connectivity index (χ1) is 13.7. The van der Waals surface area contributed by atoms with Gasteiger partial charge in [0.2, 0.25) is 11.9 Å². The molecule has 0 aliphatic heterocycles. The van der Waals surface area contributed by atoms with Gasteiger partial charge in [0.1, 0.15) is 5.75 Å². The number of methoxy groups -OCH3 is 1. The van der Waals surface area contributed by atoms with Crippen molar-refractivity contribution in [2.24, 2.45) is 15.9 Å². The molecular formula is C18H19N5O4S2. The molecule has 6 N–H and O–H groups in total. The summed E-state index contributed by atoms with van der Waals surface area (Å²) in [6, 6.07) is 12.7. The fourth-order valence-corrected chi connectivity index (χ4v) is 3.19.